The molecule has 1 unspecified atom stereocenters. The summed E-state index contributed by atoms with van der Waals surface area (Å²) in [5.41, 5.74) is 2.36. The van der Waals surface area contributed by atoms with Crippen LogP contribution in [0.15, 0.2) is 70.3 Å². The number of carboxylic acid groups (broad SMARTS) is 1. The first-order chi connectivity index (χ1) is 18.1. The van der Waals surface area contributed by atoms with Crippen molar-refractivity contribution < 1.29 is 14.6 Å². The third-order valence-electron chi connectivity index (χ3n) is 6.29. The summed E-state index contributed by atoms with van der Waals surface area (Å²) in [5.74, 6) is -0.942. The largest absolute Gasteiger partial charge is 0.497 e. The van der Waals surface area contributed by atoms with Crippen molar-refractivity contribution in [1.29, 1.82) is 0 Å². The maximum absolute atomic E-state index is 13.7. The summed E-state index contributed by atoms with van der Waals surface area (Å²) < 4.78 is 9.02. The fourth-order valence-corrected chi connectivity index (χ4v) is 5.69. The van der Waals surface area contributed by atoms with Gasteiger partial charge in [0.2, 0.25) is 0 Å². The van der Waals surface area contributed by atoms with Gasteiger partial charge in [-0.3, -0.25) is 4.79 Å². The van der Waals surface area contributed by atoms with Gasteiger partial charge < -0.3 is 19.0 Å². The quantitative estimate of drug-likeness (QED) is 0.222. The summed E-state index contributed by atoms with van der Waals surface area (Å²) in [5, 5.41) is 11.0. The summed E-state index contributed by atoms with van der Waals surface area (Å²) >= 11 is 16.1. The van der Waals surface area contributed by atoms with E-state index in [-0.39, 0.29) is 23.7 Å². The molecule has 2 heterocycles. The van der Waals surface area contributed by atoms with Crippen LogP contribution >= 0.6 is 39.1 Å². The van der Waals surface area contributed by atoms with Crippen LogP contribution in [0.5, 0.6) is 5.75 Å². The number of hydrogen-bond acceptors (Lipinski definition) is 4. The molecule has 0 aliphatic heterocycles. The number of pyridine rings is 1. The van der Waals surface area contributed by atoms with Gasteiger partial charge in [0.25, 0.3) is 5.56 Å². The average Bonchev–Trinajstić information content (AvgIpc) is 3.23. The number of hydrogen-bond donors (Lipinski definition) is 1. The Balaban J connectivity index is 1.84. The van der Waals surface area contributed by atoms with Gasteiger partial charge in [0.15, 0.2) is 10.4 Å². The lowest BCUT2D eigenvalue weighted by molar-refractivity contribution is 0.0689. The molecule has 2 aromatic carbocycles. The first-order valence-corrected chi connectivity index (χ1v) is 13.4. The van der Waals surface area contributed by atoms with Crippen LogP contribution in [0.3, 0.4) is 0 Å². The number of carboxylic acids is 1. The maximum atomic E-state index is 13.7. The third-order valence-corrected chi connectivity index (χ3v) is 7.31. The van der Waals surface area contributed by atoms with E-state index in [2.05, 4.69) is 20.9 Å². The molecule has 0 aliphatic rings. The average molecular weight is 619 g/mol. The Bertz CT molecular complexity index is 1510. The molecular formula is C28H26BrCl2N3O4. The number of nitrogens with zero attached hydrogens (tertiary/aromatic N) is 3. The Morgan fingerprint density at radius 2 is 1.74 bits per heavy atom. The first-order valence-electron chi connectivity index (χ1n) is 11.9. The minimum atomic E-state index is -1.15. The van der Waals surface area contributed by atoms with Crippen LogP contribution in [0, 0.1) is 0 Å². The molecule has 0 saturated heterocycles. The second-order valence-corrected chi connectivity index (χ2v) is 10.7. The van der Waals surface area contributed by atoms with Gasteiger partial charge in [0.05, 0.1) is 24.4 Å². The van der Waals surface area contributed by atoms with Crippen LogP contribution in [0.25, 0.3) is 0 Å². The Kier molecular flexibility index (Phi) is 8.65. The van der Waals surface area contributed by atoms with E-state index >= 15 is 0 Å². The van der Waals surface area contributed by atoms with Crippen LogP contribution in [0.1, 0.15) is 58.7 Å². The van der Waals surface area contributed by atoms with Crippen molar-refractivity contribution in [1.82, 2.24) is 14.1 Å². The highest BCUT2D eigenvalue weighted by molar-refractivity contribution is 9.10. The third kappa shape index (κ3) is 5.98. The van der Waals surface area contributed by atoms with Crippen molar-refractivity contribution in [3.63, 3.8) is 0 Å². The predicted molar refractivity (Wildman–Crippen MR) is 152 cm³/mol. The normalized spacial score (nSPS) is 12.1. The molecule has 1 atom stereocenters. The van der Waals surface area contributed by atoms with Gasteiger partial charge in [-0.2, -0.15) is 0 Å². The van der Waals surface area contributed by atoms with Crippen LogP contribution < -0.4 is 10.3 Å². The summed E-state index contributed by atoms with van der Waals surface area (Å²) in [6, 6.07) is 16.2. The standard InChI is InChI=1S/C28H26BrCl2N3O4/c1-16(2)34-25(24(27(36)37)32-28(34)29)23(18-6-8-20(30)9-7-18)13-19-12-21(31)15-33(26(19)35)14-17-4-10-22(38-3)11-5-17/h4-12,15-16,23H,13-14H2,1-3H3,(H,36,37). The summed E-state index contributed by atoms with van der Waals surface area (Å²) in [6.45, 7) is 4.21. The van der Waals surface area contributed by atoms with Gasteiger partial charge in [-0.15, -0.1) is 0 Å². The predicted octanol–water partition coefficient (Wildman–Crippen LogP) is 6.82. The Morgan fingerprint density at radius 3 is 2.32 bits per heavy atom. The lowest BCUT2D eigenvalue weighted by atomic mass is 9.88. The van der Waals surface area contributed by atoms with Gasteiger partial charge in [-0.1, -0.05) is 47.5 Å². The molecule has 4 rings (SSSR count). The van der Waals surface area contributed by atoms with E-state index in [0.29, 0.717) is 32.6 Å². The Morgan fingerprint density at radius 1 is 1.08 bits per heavy atom. The minimum Gasteiger partial charge on any atom is -0.497 e. The molecule has 0 amide bonds. The van der Waals surface area contributed by atoms with Crippen LogP contribution in [0.2, 0.25) is 10.0 Å². The van der Waals surface area contributed by atoms with E-state index < -0.39 is 11.9 Å². The minimum absolute atomic E-state index is 0.0777. The molecule has 1 N–H and O–H groups in total. The molecule has 0 bridgehead atoms. The fraction of sp³-hybridized carbons (Fsp3) is 0.250. The molecule has 38 heavy (non-hydrogen) atoms. The molecule has 10 heteroatoms. The van der Waals surface area contributed by atoms with Gasteiger partial charge >= 0.3 is 5.97 Å². The second-order valence-electron chi connectivity index (χ2n) is 9.16. The van der Waals surface area contributed by atoms with Crippen LogP contribution in [0.4, 0.5) is 0 Å². The fourth-order valence-electron chi connectivity index (χ4n) is 4.53. The maximum Gasteiger partial charge on any atom is 0.356 e. The van der Waals surface area contributed by atoms with Crippen LogP contribution in [-0.4, -0.2) is 32.3 Å². The number of halogens is 3. The summed E-state index contributed by atoms with van der Waals surface area (Å²) in [4.78, 5) is 30.2. The lowest BCUT2D eigenvalue weighted by Crippen LogP contribution is -2.26. The number of methoxy groups -OCH3 is 1. The van der Waals surface area contributed by atoms with Crippen LogP contribution in [-0.2, 0) is 13.0 Å². The zero-order chi connectivity index (χ0) is 27.6. The highest BCUT2D eigenvalue weighted by atomic mass is 79.9. The smallest absolute Gasteiger partial charge is 0.356 e. The molecule has 2 aromatic heterocycles. The molecule has 7 nitrogen and oxygen atoms in total. The lowest BCUT2D eigenvalue weighted by Gasteiger charge is -2.23. The highest BCUT2D eigenvalue weighted by Crippen LogP contribution is 2.35. The number of aromatic carboxylic acids is 1. The number of benzene rings is 2. The van der Waals surface area contributed by atoms with Crippen molar-refractivity contribution in [2.75, 3.05) is 7.11 Å². The summed E-state index contributed by atoms with van der Waals surface area (Å²) in [6.07, 6.45) is 1.81. The number of ether oxygens (including phenoxy) is 1. The molecular weight excluding hydrogens is 593 g/mol. The zero-order valence-corrected chi connectivity index (χ0v) is 24.1. The highest BCUT2D eigenvalue weighted by Gasteiger charge is 2.31. The molecule has 198 valence electrons. The number of rotatable bonds is 9. The second kappa shape index (κ2) is 11.8. The van der Waals surface area contributed by atoms with E-state index in [4.69, 9.17) is 27.9 Å². The Labute approximate surface area is 238 Å². The van der Waals surface area contributed by atoms with E-state index in [1.54, 1.807) is 36.1 Å². The SMILES string of the molecule is COc1ccc(Cn2cc(Cl)cc(CC(c3ccc(Cl)cc3)c3c(C(=O)O)nc(Br)n3C(C)C)c2=O)cc1. The van der Waals surface area contributed by atoms with Crippen molar-refractivity contribution >= 4 is 45.1 Å². The number of aromatic nitrogens is 3. The zero-order valence-electron chi connectivity index (χ0n) is 21.0. The molecule has 0 spiro atoms. The topological polar surface area (TPSA) is 86.3 Å². The van der Waals surface area contributed by atoms with Gasteiger partial charge in [0, 0.05) is 28.7 Å². The van der Waals surface area contributed by atoms with Gasteiger partial charge in [-0.05, 0) is 77.7 Å². The molecule has 4 aromatic rings. The first kappa shape index (κ1) is 28.0. The van der Waals surface area contributed by atoms with E-state index in [9.17, 15) is 14.7 Å². The van der Waals surface area contributed by atoms with E-state index in [1.807, 2.05) is 54.8 Å². The summed E-state index contributed by atoms with van der Waals surface area (Å²) in [7, 11) is 1.60. The van der Waals surface area contributed by atoms with Gasteiger partial charge in [0.1, 0.15) is 5.75 Å². The molecule has 0 radical (unpaired) electrons. The molecule has 0 fully saturated rings. The van der Waals surface area contributed by atoms with E-state index in [0.717, 1.165) is 16.9 Å². The monoisotopic (exact) mass is 617 g/mol. The molecule has 0 aliphatic carbocycles. The van der Waals surface area contributed by atoms with Crippen molar-refractivity contribution in [2.45, 2.75) is 38.8 Å². The van der Waals surface area contributed by atoms with E-state index in [1.165, 1.54) is 0 Å². The van der Waals surface area contributed by atoms with Gasteiger partial charge in [-0.25, -0.2) is 9.78 Å². The Hall–Kier alpha value is -3.07. The number of imidazole rings is 1. The van der Waals surface area contributed by atoms with Crippen molar-refractivity contribution in [3.8, 4) is 5.75 Å². The van der Waals surface area contributed by atoms with Crippen molar-refractivity contribution in [3.05, 3.63) is 114 Å². The molecule has 0 saturated carbocycles. The van der Waals surface area contributed by atoms with Crippen molar-refractivity contribution in [2.24, 2.45) is 0 Å². The number of carbonyl (C=O) groups is 1.